The molecule has 0 unspecified atom stereocenters. The lowest BCUT2D eigenvalue weighted by Gasteiger charge is -2.24. The first kappa shape index (κ1) is 9.53. The molecule has 1 aliphatic carbocycles. The molecule has 0 N–H and O–H groups in total. The van der Waals surface area contributed by atoms with Gasteiger partial charge in [-0.05, 0) is 18.8 Å². The summed E-state index contributed by atoms with van der Waals surface area (Å²) < 4.78 is 1.08. The Morgan fingerprint density at radius 3 is 2.17 bits per heavy atom. The van der Waals surface area contributed by atoms with E-state index < -0.39 is 0 Å². The van der Waals surface area contributed by atoms with E-state index in [9.17, 15) is 0 Å². The van der Waals surface area contributed by atoms with Crippen LogP contribution in [0.4, 0.5) is 0 Å². The summed E-state index contributed by atoms with van der Waals surface area (Å²) in [6, 6.07) is 0. The van der Waals surface area contributed by atoms with Crippen molar-refractivity contribution in [1.82, 2.24) is 0 Å². The fourth-order valence-electron chi connectivity index (χ4n) is 1.47. The maximum atomic E-state index is 2.29. The van der Waals surface area contributed by atoms with Crippen LogP contribution in [0.3, 0.4) is 0 Å². The third kappa shape index (κ3) is 3.72. The zero-order valence-electron chi connectivity index (χ0n) is 8.46. The molecular weight excluding hydrogens is 146 g/mol. The highest BCUT2D eigenvalue weighted by molar-refractivity contribution is 5.17. The first-order chi connectivity index (χ1) is 5.58. The van der Waals surface area contributed by atoms with Gasteiger partial charge in [0.25, 0.3) is 0 Å². The summed E-state index contributed by atoms with van der Waals surface area (Å²) >= 11 is 0. The average Bonchev–Trinajstić information content (AvgIpc) is 2.36. The van der Waals surface area contributed by atoms with Gasteiger partial charge in [-0.3, -0.25) is 0 Å². The number of allylic oxidation sites excluding steroid dienone is 4. The molecule has 0 aromatic carbocycles. The monoisotopic (exact) mass is 166 g/mol. The van der Waals surface area contributed by atoms with Gasteiger partial charge in [-0.1, -0.05) is 24.3 Å². The van der Waals surface area contributed by atoms with Crippen LogP contribution in [0.2, 0.25) is 0 Å². The zero-order chi connectivity index (χ0) is 9.03. The Balaban J connectivity index is 2.10. The topological polar surface area (TPSA) is 0 Å². The molecule has 0 fully saturated rings. The van der Waals surface area contributed by atoms with Gasteiger partial charge in [-0.25, -0.2) is 0 Å². The van der Waals surface area contributed by atoms with Crippen molar-refractivity contribution in [1.29, 1.82) is 0 Å². The van der Waals surface area contributed by atoms with Gasteiger partial charge < -0.3 is 4.48 Å². The smallest absolute Gasteiger partial charge is 0.0780 e. The van der Waals surface area contributed by atoms with Crippen LogP contribution in [-0.2, 0) is 0 Å². The highest BCUT2D eigenvalue weighted by Crippen LogP contribution is 2.15. The maximum absolute atomic E-state index is 2.29. The molecule has 0 aromatic heterocycles. The molecule has 1 rings (SSSR count). The molecule has 0 radical (unpaired) electrons. The molecule has 1 aliphatic rings. The summed E-state index contributed by atoms with van der Waals surface area (Å²) in [5, 5.41) is 0. The van der Waals surface area contributed by atoms with E-state index in [2.05, 4.69) is 45.4 Å². The Labute approximate surface area is 76.0 Å². The minimum absolute atomic E-state index is 0.719. The molecule has 0 atom stereocenters. The molecule has 0 spiro atoms. The van der Waals surface area contributed by atoms with E-state index in [0.29, 0.717) is 0 Å². The predicted octanol–water partition coefficient (Wildman–Crippen LogP) is 2.21. The van der Waals surface area contributed by atoms with Crippen LogP contribution in [0, 0.1) is 5.92 Å². The van der Waals surface area contributed by atoms with Crippen molar-refractivity contribution >= 4 is 0 Å². The number of quaternary nitrogens is 1. The average molecular weight is 166 g/mol. The van der Waals surface area contributed by atoms with E-state index in [1.54, 1.807) is 0 Å². The van der Waals surface area contributed by atoms with Gasteiger partial charge in [0.2, 0.25) is 0 Å². The fourth-order valence-corrected chi connectivity index (χ4v) is 1.47. The van der Waals surface area contributed by atoms with E-state index in [1.165, 1.54) is 19.4 Å². The van der Waals surface area contributed by atoms with Crippen LogP contribution in [0.25, 0.3) is 0 Å². The molecule has 1 heteroatoms. The number of nitrogens with zero attached hydrogens (tertiary/aromatic N) is 1. The maximum Gasteiger partial charge on any atom is 0.0780 e. The van der Waals surface area contributed by atoms with E-state index in [1.807, 2.05) is 0 Å². The molecule has 0 bridgehead atoms. The SMILES string of the molecule is C[N+](C)(C)CCCC1C=CC=C1. The van der Waals surface area contributed by atoms with Crippen molar-refractivity contribution in [2.75, 3.05) is 27.7 Å². The summed E-state index contributed by atoms with van der Waals surface area (Å²) in [5.41, 5.74) is 0. The second-order valence-electron chi connectivity index (χ2n) is 4.59. The van der Waals surface area contributed by atoms with Crippen molar-refractivity contribution in [3.63, 3.8) is 0 Å². The van der Waals surface area contributed by atoms with Gasteiger partial charge in [0.15, 0.2) is 0 Å². The van der Waals surface area contributed by atoms with Gasteiger partial charge in [-0.15, -0.1) is 0 Å². The van der Waals surface area contributed by atoms with E-state index in [-0.39, 0.29) is 0 Å². The van der Waals surface area contributed by atoms with Crippen molar-refractivity contribution in [2.45, 2.75) is 12.8 Å². The first-order valence-electron chi connectivity index (χ1n) is 4.73. The molecule has 68 valence electrons. The first-order valence-corrected chi connectivity index (χ1v) is 4.73. The molecule has 0 saturated heterocycles. The van der Waals surface area contributed by atoms with Crippen molar-refractivity contribution < 1.29 is 4.48 Å². The normalized spacial score (nSPS) is 17.6. The van der Waals surface area contributed by atoms with Gasteiger partial charge in [0.05, 0.1) is 27.7 Å². The van der Waals surface area contributed by atoms with Crippen LogP contribution < -0.4 is 0 Å². The Bertz CT molecular complexity index is 172. The fraction of sp³-hybridized carbons (Fsp3) is 0.636. The van der Waals surface area contributed by atoms with E-state index in [0.717, 1.165) is 10.4 Å². The second kappa shape index (κ2) is 3.90. The predicted molar refractivity (Wildman–Crippen MR) is 53.9 cm³/mol. The standard InChI is InChI=1S/C11H20N/c1-12(2,3)10-6-9-11-7-4-5-8-11/h4-5,7-8,11H,6,9-10H2,1-3H3/q+1. The summed E-state index contributed by atoms with van der Waals surface area (Å²) in [7, 11) is 6.75. The van der Waals surface area contributed by atoms with Crippen LogP contribution in [0.1, 0.15) is 12.8 Å². The van der Waals surface area contributed by atoms with Crippen molar-refractivity contribution in [3.05, 3.63) is 24.3 Å². The second-order valence-corrected chi connectivity index (χ2v) is 4.59. The van der Waals surface area contributed by atoms with Crippen LogP contribution in [0.5, 0.6) is 0 Å². The summed E-state index contributed by atoms with van der Waals surface area (Å²) in [6.07, 6.45) is 11.5. The van der Waals surface area contributed by atoms with Crippen LogP contribution >= 0.6 is 0 Å². The quantitative estimate of drug-likeness (QED) is 0.562. The Hall–Kier alpha value is -0.560. The van der Waals surface area contributed by atoms with Gasteiger partial charge in [-0.2, -0.15) is 0 Å². The molecule has 0 amide bonds. The van der Waals surface area contributed by atoms with Gasteiger partial charge >= 0.3 is 0 Å². The Kier molecular flexibility index (Phi) is 3.10. The number of hydrogen-bond donors (Lipinski definition) is 0. The summed E-state index contributed by atoms with van der Waals surface area (Å²) in [4.78, 5) is 0. The molecule has 1 nitrogen and oxygen atoms in total. The lowest BCUT2D eigenvalue weighted by atomic mass is 10.1. The Morgan fingerprint density at radius 2 is 1.67 bits per heavy atom. The van der Waals surface area contributed by atoms with E-state index >= 15 is 0 Å². The molecule has 0 aliphatic heterocycles. The third-order valence-electron chi connectivity index (χ3n) is 2.19. The molecule has 0 heterocycles. The van der Waals surface area contributed by atoms with Gasteiger partial charge in [0, 0.05) is 0 Å². The third-order valence-corrected chi connectivity index (χ3v) is 2.19. The van der Waals surface area contributed by atoms with E-state index in [4.69, 9.17) is 0 Å². The lowest BCUT2D eigenvalue weighted by molar-refractivity contribution is -0.870. The molecule has 0 aromatic rings. The highest BCUT2D eigenvalue weighted by atomic mass is 15.3. The largest absolute Gasteiger partial charge is 0.331 e. The minimum Gasteiger partial charge on any atom is -0.331 e. The van der Waals surface area contributed by atoms with Crippen molar-refractivity contribution in [3.8, 4) is 0 Å². The molecule has 0 saturated carbocycles. The highest BCUT2D eigenvalue weighted by Gasteiger charge is 2.08. The number of rotatable bonds is 4. The number of hydrogen-bond acceptors (Lipinski definition) is 0. The van der Waals surface area contributed by atoms with Gasteiger partial charge in [0.1, 0.15) is 0 Å². The molecule has 12 heavy (non-hydrogen) atoms. The minimum atomic E-state index is 0.719. The zero-order valence-corrected chi connectivity index (χ0v) is 8.46. The summed E-state index contributed by atoms with van der Waals surface area (Å²) in [6.45, 7) is 1.28. The summed E-state index contributed by atoms with van der Waals surface area (Å²) in [5.74, 6) is 0.719. The lowest BCUT2D eigenvalue weighted by Crippen LogP contribution is -2.35. The van der Waals surface area contributed by atoms with Crippen molar-refractivity contribution in [2.24, 2.45) is 5.92 Å². The van der Waals surface area contributed by atoms with Crippen LogP contribution in [-0.4, -0.2) is 32.2 Å². The Morgan fingerprint density at radius 1 is 1.08 bits per heavy atom. The van der Waals surface area contributed by atoms with Crippen LogP contribution in [0.15, 0.2) is 24.3 Å². The molecular formula is C11H20N+.